The summed E-state index contributed by atoms with van der Waals surface area (Å²) < 4.78 is 25.0. The van der Waals surface area contributed by atoms with Crippen LogP contribution in [0.25, 0.3) is 0 Å². The van der Waals surface area contributed by atoms with Gasteiger partial charge in [-0.25, -0.2) is 8.42 Å². The van der Waals surface area contributed by atoms with Crippen LogP contribution >= 0.6 is 0 Å². The van der Waals surface area contributed by atoms with Crippen LogP contribution in [0.2, 0.25) is 0 Å². The van der Waals surface area contributed by atoms with Gasteiger partial charge in [-0.05, 0) is 69.3 Å². The molecule has 0 fully saturated rings. The highest BCUT2D eigenvalue weighted by Crippen LogP contribution is 2.24. The van der Waals surface area contributed by atoms with E-state index >= 15 is 0 Å². The minimum absolute atomic E-state index is 0.0721. The molecular weight excluding hydrogens is 284 g/mol. The van der Waals surface area contributed by atoms with Gasteiger partial charge in [-0.2, -0.15) is 0 Å². The molecule has 0 amide bonds. The standard InChI is InChI=1S/C16H20N2O2S/c1-16(2,3)18-13-6-10-15(11-7-13)21(19,20)14-8-4-12(17)5-9-14/h4-11,18H,17H2,1-3H3. The summed E-state index contributed by atoms with van der Waals surface area (Å²) in [5.74, 6) is 0. The van der Waals surface area contributed by atoms with Gasteiger partial charge in [0.2, 0.25) is 9.84 Å². The van der Waals surface area contributed by atoms with Crippen molar-refractivity contribution in [2.24, 2.45) is 0 Å². The zero-order valence-electron chi connectivity index (χ0n) is 12.4. The smallest absolute Gasteiger partial charge is 0.206 e. The molecule has 0 unspecified atom stereocenters. The molecule has 3 N–H and O–H groups in total. The Labute approximate surface area is 125 Å². The minimum Gasteiger partial charge on any atom is -0.399 e. The van der Waals surface area contributed by atoms with Crippen LogP contribution in [0.5, 0.6) is 0 Å². The number of benzene rings is 2. The molecule has 2 aromatic carbocycles. The highest BCUT2D eigenvalue weighted by Gasteiger charge is 2.17. The third kappa shape index (κ3) is 3.76. The molecule has 0 radical (unpaired) electrons. The zero-order chi connectivity index (χ0) is 15.7. The normalized spacial score (nSPS) is 12.1. The molecule has 0 heterocycles. The lowest BCUT2D eigenvalue weighted by atomic mass is 10.1. The van der Waals surface area contributed by atoms with Gasteiger partial charge in [0, 0.05) is 16.9 Å². The molecule has 0 bridgehead atoms. The van der Waals surface area contributed by atoms with E-state index < -0.39 is 9.84 Å². The Hall–Kier alpha value is -2.01. The van der Waals surface area contributed by atoms with Crippen molar-refractivity contribution in [2.45, 2.75) is 36.1 Å². The maximum atomic E-state index is 12.5. The van der Waals surface area contributed by atoms with E-state index in [1.54, 1.807) is 36.4 Å². The van der Waals surface area contributed by atoms with Gasteiger partial charge in [0.1, 0.15) is 0 Å². The number of nitrogen functional groups attached to an aromatic ring is 1. The topological polar surface area (TPSA) is 72.2 Å². The molecule has 0 spiro atoms. The van der Waals surface area contributed by atoms with E-state index in [1.807, 2.05) is 20.8 Å². The lowest BCUT2D eigenvalue weighted by Gasteiger charge is -2.22. The third-order valence-corrected chi connectivity index (χ3v) is 4.66. The van der Waals surface area contributed by atoms with Crippen LogP contribution in [0, 0.1) is 0 Å². The summed E-state index contributed by atoms with van der Waals surface area (Å²) in [5.41, 5.74) is 6.94. The molecule has 0 saturated heterocycles. The molecule has 0 aromatic heterocycles. The largest absolute Gasteiger partial charge is 0.399 e. The SMILES string of the molecule is CC(C)(C)Nc1ccc(S(=O)(=O)c2ccc(N)cc2)cc1. The number of nitrogens with two attached hydrogens (primary N) is 1. The fourth-order valence-electron chi connectivity index (χ4n) is 1.93. The quantitative estimate of drug-likeness (QED) is 0.853. The van der Waals surface area contributed by atoms with Crippen molar-refractivity contribution >= 4 is 21.2 Å². The van der Waals surface area contributed by atoms with Crippen LogP contribution in [-0.4, -0.2) is 14.0 Å². The molecule has 0 aliphatic rings. The van der Waals surface area contributed by atoms with Crippen molar-refractivity contribution in [1.82, 2.24) is 0 Å². The zero-order valence-corrected chi connectivity index (χ0v) is 13.2. The second kappa shape index (κ2) is 5.41. The van der Waals surface area contributed by atoms with Gasteiger partial charge in [-0.3, -0.25) is 0 Å². The number of hydrogen-bond acceptors (Lipinski definition) is 4. The summed E-state index contributed by atoms with van der Waals surface area (Å²) in [4.78, 5) is 0.514. The Balaban J connectivity index is 2.31. The van der Waals surface area contributed by atoms with Gasteiger partial charge in [-0.1, -0.05) is 0 Å². The number of rotatable bonds is 3. The molecule has 21 heavy (non-hydrogen) atoms. The number of nitrogens with one attached hydrogen (secondary N) is 1. The predicted molar refractivity (Wildman–Crippen MR) is 86.1 cm³/mol. The molecule has 112 valence electrons. The average molecular weight is 304 g/mol. The summed E-state index contributed by atoms with van der Waals surface area (Å²) in [5, 5.41) is 3.30. The molecule has 0 aliphatic carbocycles. The number of anilines is 2. The van der Waals surface area contributed by atoms with Crippen LogP contribution in [0.1, 0.15) is 20.8 Å². The number of hydrogen-bond donors (Lipinski definition) is 2. The van der Waals surface area contributed by atoms with Crippen LogP contribution in [0.4, 0.5) is 11.4 Å². The first-order valence-corrected chi connectivity index (χ1v) is 8.16. The fourth-order valence-corrected chi connectivity index (χ4v) is 3.19. The fraction of sp³-hybridized carbons (Fsp3) is 0.250. The van der Waals surface area contributed by atoms with Crippen LogP contribution in [-0.2, 0) is 9.84 Å². The number of sulfone groups is 1. The van der Waals surface area contributed by atoms with Crippen LogP contribution in [0.15, 0.2) is 58.3 Å². The van der Waals surface area contributed by atoms with Crippen molar-refractivity contribution in [3.05, 3.63) is 48.5 Å². The monoisotopic (exact) mass is 304 g/mol. The van der Waals surface area contributed by atoms with Gasteiger partial charge < -0.3 is 11.1 Å². The second-order valence-electron chi connectivity index (χ2n) is 5.97. The summed E-state index contributed by atoms with van der Waals surface area (Å²) in [6, 6.07) is 13.0. The maximum absolute atomic E-state index is 12.5. The van der Waals surface area contributed by atoms with Gasteiger partial charge in [0.15, 0.2) is 0 Å². The molecule has 0 atom stereocenters. The Kier molecular flexibility index (Phi) is 3.96. The van der Waals surface area contributed by atoms with E-state index in [0.29, 0.717) is 5.69 Å². The molecule has 2 rings (SSSR count). The van der Waals surface area contributed by atoms with Crippen molar-refractivity contribution in [3.8, 4) is 0 Å². The van der Waals surface area contributed by atoms with E-state index in [9.17, 15) is 8.42 Å². The average Bonchev–Trinajstić information content (AvgIpc) is 2.38. The summed E-state index contributed by atoms with van der Waals surface area (Å²) in [6.07, 6.45) is 0. The molecule has 4 nitrogen and oxygen atoms in total. The molecule has 0 saturated carbocycles. The highest BCUT2D eigenvalue weighted by molar-refractivity contribution is 7.91. The first-order valence-electron chi connectivity index (χ1n) is 6.67. The predicted octanol–water partition coefficient (Wildman–Crippen LogP) is 3.31. The highest BCUT2D eigenvalue weighted by atomic mass is 32.2. The minimum atomic E-state index is -3.50. The van der Waals surface area contributed by atoms with E-state index in [-0.39, 0.29) is 15.3 Å². The second-order valence-corrected chi connectivity index (χ2v) is 7.92. The van der Waals surface area contributed by atoms with E-state index in [0.717, 1.165) is 5.69 Å². The Morgan fingerprint density at radius 2 is 1.29 bits per heavy atom. The molecule has 2 aromatic rings. The van der Waals surface area contributed by atoms with Crippen molar-refractivity contribution < 1.29 is 8.42 Å². The summed E-state index contributed by atoms with van der Waals surface area (Å²) in [7, 11) is -3.50. The van der Waals surface area contributed by atoms with E-state index in [1.165, 1.54) is 12.1 Å². The first-order chi connectivity index (χ1) is 9.68. The Bertz CT molecular complexity index is 712. The molecular formula is C16H20N2O2S. The van der Waals surface area contributed by atoms with Crippen molar-refractivity contribution in [3.63, 3.8) is 0 Å². The Morgan fingerprint density at radius 1 is 0.857 bits per heavy atom. The van der Waals surface area contributed by atoms with E-state index in [2.05, 4.69) is 5.32 Å². The maximum Gasteiger partial charge on any atom is 0.206 e. The van der Waals surface area contributed by atoms with E-state index in [4.69, 9.17) is 5.73 Å². The van der Waals surface area contributed by atoms with Crippen LogP contribution < -0.4 is 11.1 Å². The molecule has 0 aliphatic heterocycles. The Morgan fingerprint density at radius 3 is 1.71 bits per heavy atom. The first kappa shape index (κ1) is 15.4. The third-order valence-electron chi connectivity index (χ3n) is 2.87. The van der Waals surface area contributed by atoms with Gasteiger partial charge in [0.25, 0.3) is 0 Å². The lowest BCUT2D eigenvalue weighted by molar-refractivity contribution is 0.596. The van der Waals surface area contributed by atoms with Gasteiger partial charge in [0.05, 0.1) is 9.79 Å². The summed E-state index contributed by atoms with van der Waals surface area (Å²) in [6.45, 7) is 6.14. The van der Waals surface area contributed by atoms with Crippen molar-refractivity contribution in [1.29, 1.82) is 0 Å². The van der Waals surface area contributed by atoms with Crippen molar-refractivity contribution in [2.75, 3.05) is 11.1 Å². The van der Waals surface area contributed by atoms with Gasteiger partial charge in [-0.15, -0.1) is 0 Å². The van der Waals surface area contributed by atoms with Crippen LogP contribution in [0.3, 0.4) is 0 Å². The molecule has 5 heteroatoms. The lowest BCUT2D eigenvalue weighted by Crippen LogP contribution is -2.25. The van der Waals surface area contributed by atoms with Gasteiger partial charge >= 0.3 is 0 Å². The summed E-state index contributed by atoms with van der Waals surface area (Å²) >= 11 is 0.